The average Bonchev–Trinajstić information content (AvgIpc) is 3.19. The van der Waals surface area contributed by atoms with E-state index in [9.17, 15) is 9.59 Å². The monoisotopic (exact) mass is 382 g/mol. The third-order valence-electron chi connectivity index (χ3n) is 4.57. The summed E-state index contributed by atoms with van der Waals surface area (Å²) in [5, 5.41) is 0. The molecule has 2 aromatic carbocycles. The Kier molecular flexibility index (Phi) is 5.92. The molecule has 0 aliphatic carbocycles. The molecule has 0 saturated carbocycles. The highest BCUT2D eigenvalue weighted by atomic mass is 16.7. The van der Waals surface area contributed by atoms with Crippen LogP contribution in [0.1, 0.15) is 44.3 Å². The van der Waals surface area contributed by atoms with Gasteiger partial charge in [-0.2, -0.15) is 0 Å². The lowest BCUT2D eigenvalue weighted by Crippen LogP contribution is -2.22. The van der Waals surface area contributed by atoms with Crippen molar-refractivity contribution in [2.45, 2.75) is 12.7 Å². The Morgan fingerprint density at radius 1 is 0.893 bits per heavy atom. The van der Waals surface area contributed by atoms with Crippen LogP contribution in [-0.4, -0.2) is 39.4 Å². The van der Waals surface area contributed by atoms with Crippen molar-refractivity contribution in [1.29, 1.82) is 0 Å². The molecule has 1 fully saturated rings. The van der Waals surface area contributed by atoms with Gasteiger partial charge in [0.1, 0.15) is 0 Å². The predicted molar refractivity (Wildman–Crippen MR) is 104 cm³/mol. The van der Waals surface area contributed by atoms with Crippen LogP contribution in [-0.2, 0) is 24.7 Å². The molecule has 1 aliphatic rings. The maximum atomic E-state index is 12.0. The second-order valence-electron chi connectivity index (χ2n) is 6.39. The summed E-state index contributed by atoms with van der Waals surface area (Å²) in [5.74, 6) is -1.92. The molecule has 0 aromatic heterocycles. The fourth-order valence-corrected chi connectivity index (χ4v) is 3.03. The smallest absolute Gasteiger partial charge is 0.338 e. The van der Waals surface area contributed by atoms with Crippen LogP contribution in [0.3, 0.4) is 0 Å². The van der Waals surface area contributed by atoms with E-state index in [1.807, 2.05) is 43.3 Å². The first-order valence-corrected chi connectivity index (χ1v) is 8.84. The van der Waals surface area contributed by atoms with Crippen LogP contribution >= 0.6 is 0 Å². The van der Waals surface area contributed by atoms with Gasteiger partial charge in [-0.3, -0.25) is 0 Å². The van der Waals surface area contributed by atoms with E-state index in [0.29, 0.717) is 13.2 Å². The second kappa shape index (κ2) is 8.37. The Bertz CT molecular complexity index is 909. The van der Waals surface area contributed by atoms with Crippen LogP contribution in [0, 0.1) is 0 Å². The maximum absolute atomic E-state index is 12.0. The number of rotatable bonds is 5. The van der Waals surface area contributed by atoms with E-state index in [1.165, 1.54) is 14.2 Å². The van der Waals surface area contributed by atoms with Crippen molar-refractivity contribution >= 4 is 24.1 Å². The van der Waals surface area contributed by atoms with Crippen LogP contribution in [0.15, 0.2) is 42.5 Å². The van der Waals surface area contributed by atoms with Gasteiger partial charge < -0.3 is 18.9 Å². The first kappa shape index (κ1) is 19.8. The van der Waals surface area contributed by atoms with E-state index in [-0.39, 0.29) is 11.1 Å². The molecule has 6 heteroatoms. The van der Waals surface area contributed by atoms with Gasteiger partial charge in [0.05, 0.1) is 38.6 Å². The number of hydrogen-bond acceptors (Lipinski definition) is 6. The Balaban J connectivity index is 1.88. The molecule has 3 rings (SSSR count). The summed E-state index contributed by atoms with van der Waals surface area (Å²) in [7, 11) is 2.54. The standard InChI is InChI=1S/C22H22O6/c1-22(27-11-12-28-22)17-6-4-5-15(13-17)7-8-16-9-10-18(20(23)25-2)19(14-16)21(24)26-3/h4-10,13-14H,11-12H2,1-3H3. The number of methoxy groups -OCH3 is 2. The summed E-state index contributed by atoms with van der Waals surface area (Å²) < 4.78 is 20.9. The topological polar surface area (TPSA) is 71.1 Å². The minimum absolute atomic E-state index is 0.158. The zero-order chi connectivity index (χ0) is 20.1. The molecule has 1 saturated heterocycles. The number of benzene rings is 2. The largest absolute Gasteiger partial charge is 0.465 e. The minimum Gasteiger partial charge on any atom is -0.465 e. The average molecular weight is 382 g/mol. The van der Waals surface area contributed by atoms with Gasteiger partial charge in [-0.05, 0) is 36.2 Å². The summed E-state index contributed by atoms with van der Waals surface area (Å²) >= 11 is 0. The molecular weight excluding hydrogens is 360 g/mol. The number of ether oxygens (including phenoxy) is 4. The molecule has 146 valence electrons. The molecule has 0 radical (unpaired) electrons. The van der Waals surface area contributed by atoms with Crippen LogP contribution in [0.4, 0.5) is 0 Å². The third kappa shape index (κ3) is 4.13. The lowest BCUT2D eigenvalue weighted by atomic mass is 10.0. The zero-order valence-corrected chi connectivity index (χ0v) is 16.1. The van der Waals surface area contributed by atoms with E-state index in [0.717, 1.165) is 16.7 Å². The molecule has 2 aromatic rings. The predicted octanol–water partition coefficient (Wildman–Crippen LogP) is 3.65. The minimum atomic E-state index is -0.732. The van der Waals surface area contributed by atoms with E-state index in [4.69, 9.17) is 18.9 Å². The fourth-order valence-electron chi connectivity index (χ4n) is 3.03. The number of carbonyl (C=O) groups excluding carboxylic acids is 2. The first-order chi connectivity index (χ1) is 13.5. The summed E-state index contributed by atoms with van der Waals surface area (Å²) in [6.45, 7) is 3.04. The Morgan fingerprint density at radius 3 is 2.14 bits per heavy atom. The van der Waals surface area contributed by atoms with Crippen molar-refractivity contribution < 1.29 is 28.5 Å². The summed E-state index contributed by atoms with van der Waals surface area (Å²) in [4.78, 5) is 23.9. The lowest BCUT2D eigenvalue weighted by molar-refractivity contribution is -0.149. The molecule has 0 atom stereocenters. The van der Waals surface area contributed by atoms with Crippen molar-refractivity contribution in [3.05, 3.63) is 70.3 Å². The highest BCUT2D eigenvalue weighted by molar-refractivity contribution is 6.03. The van der Waals surface area contributed by atoms with Crippen molar-refractivity contribution in [3.8, 4) is 0 Å². The molecule has 0 bridgehead atoms. The van der Waals surface area contributed by atoms with Gasteiger partial charge in [-0.1, -0.05) is 36.4 Å². The Morgan fingerprint density at radius 2 is 1.50 bits per heavy atom. The van der Waals surface area contributed by atoms with Crippen LogP contribution in [0.25, 0.3) is 12.2 Å². The number of carbonyl (C=O) groups is 2. The number of hydrogen-bond donors (Lipinski definition) is 0. The number of esters is 2. The van der Waals surface area contributed by atoms with Crippen molar-refractivity contribution in [2.75, 3.05) is 27.4 Å². The van der Waals surface area contributed by atoms with Crippen LogP contribution < -0.4 is 0 Å². The summed E-state index contributed by atoms with van der Waals surface area (Å²) in [6.07, 6.45) is 3.77. The quantitative estimate of drug-likeness (QED) is 0.581. The molecular formula is C22H22O6. The maximum Gasteiger partial charge on any atom is 0.338 e. The molecule has 0 N–H and O–H groups in total. The molecule has 0 unspecified atom stereocenters. The third-order valence-corrected chi connectivity index (χ3v) is 4.57. The van der Waals surface area contributed by atoms with Gasteiger partial charge in [0.15, 0.2) is 5.79 Å². The normalized spacial score (nSPS) is 15.5. The van der Waals surface area contributed by atoms with Crippen molar-refractivity contribution in [3.63, 3.8) is 0 Å². The molecule has 1 aliphatic heterocycles. The van der Waals surface area contributed by atoms with Gasteiger partial charge in [-0.25, -0.2) is 9.59 Å². The SMILES string of the molecule is COC(=O)c1ccc(C=Cc2cccc(C3(C)OCCO3)c2)cc1C(=O)OC. The fraction of sp³-hybridized carbons (Fsp3) is 0.273. The second-order valence-corrected chi connectivity index (χ2v) is 6.39. The molecule has 28 heavy (non-hydrogen) atoms. The highest BCUT2D eigenvalue weighted by Crippen LogP contribution is 2.31. The van der Waals surface area contributed by atoms with Gasteiger partial charge in [-0.15, -0.1) is 0 Å². The first-order valence-electron chi connectivity index (χ1n) is 8.84. The summed E-state index contributed by atoms with van der Waals surface area (Å²) in [6, 6.07) is 12.7. The van der Waals surface area contributed by atoms with Crippen LogP contribution in [0.2, 0.25) is 0 Å². The van der Waals surface area contributed by atoms with Crippen LogP contribution in [0.5, 0.6) is 0 Å². The van der Waals surface area contributed by atoms with Gasteiger partial charge in [0.2, 0.25) is 0 Å². The van der Waals surface area contributed by atoms with E-state index in [2.05, 4.69) is 0 Å². The summed E-state index contributed by atoms with van der Waals surface area (Å²) in [5.41, 5.74) is 2.96. The van der Waals surface area contributed by atoms with E-state index >= 15 is 0 Å². The van der Waals surface area contributed by atoms with E-state index < -0.39 is 17.7 Å². The highest BCUT2D eigenvalue weighted by Gasteiger charge is 2.32. The molecule has 0 amide bonds. The lowest BCUT2D eigenvalue weighted by Gasteiger charge is -2.22. The van der Waals surface area contributed by atoms with Crippen molar-refractivity contribution in [2.24, 2.45) is 0 Å². The van der Waals surface area contributed by atoms with Gasteiger partial charge in [0, 0.05) is 5.56 Å². The van der Waals surface area contributed by atoms with Gasteiger partial charge >= 0.3 is 11.9 Å². The van der Waals surface area contributed by atoms with Crippen molar-refractivity contribution in [1.82, 2.24) is 0 Å². The van der Waals surface area contributed by atoms with E-state index in [1.54, 1.807) is 18.2 Å². The Labute approximate surface area is 163 Å². The molecule has 0 spiro atoms. The van der Waals surface area contributed by atoms with Gasteiger partial charge in [0.25, 0.3) is 0 Å². The molecule has 6 nitrogen and oxygen atoms in total. The Hall–Kier alpha value is -2.96. The zero-order valence-electron chi connectivity index (χ0n) is 16.1. The molecule has 1 heterocycles.